The maximum atomic E-state index is 6.85. The lowest BCUT2D eigenvalue weighted by molar-refractivity contribution is 0.669. The molecule has 0 saturated carbocycles. The zero-order valence-corrected chi connectivity index (χ0v) is 24.7. The van der Waals surface area contributed by atoms with E-state index in [1.807, 2.05) is 0 Å². The molecule has 1 aliphatic rings. The molecule has 0 radical (unpaired) electrons. The van der Waals surface area contributed by atoms with Gasteiger partial charge in [-0.1, -0.05) is 97.1 Å². The van der Waals surface area contributed by atoms with Crippen molar-refractivity contribution >= 4 is 65.4 Å². The number of hydrogen-bond acceptors (Lipinski definition) is 2. The van der Waals surface area contributed by atoms with E-state index in [-0.39, 0.29) is 0 Å². The maximum Gasteiger partial charge on any atom is 0.143 e. The molecule has 0 N–H and O–H groups in total. The van der Waals surface area contributed by atoms with Crippen LogP contribution in [0.15, 0.2) is 154 Å². The van der Waals surface area contributed by atoms with E-state index >= 15 is 0 Å². The predicted molar refractivity (Wildman–Crippen MR) is 191 cm³/mol. The molecular weight excluding hydrogens is 560 g/mol. The van der Waals surface area contributed by atoms with Crippen LogP contribution < -0.4 is 0 Å². The molecule has 0 amide bonds. The van der Waals surface area contributed by atoms with Crippen LogP contribution in [0.3, 0.4) is 0 Å². The lowest BCUT2D eigenvalue weighted by Crippen LogP contribution is -1.87. The molecule has 0 unspecified atom stereocenters. The topological polar surface area (TPSA) is 26.3 Å². The predicted octanol–water partition coefficient (Wildman–Crippen LogP) is 12.8. The summed E-state index contributed by atoms with van der Waals surface area (Å²) in [5, 5.41) is 9.49. The van der Waals surface area contributed by atoms with Crippen molar-refractivity contribution in [3.05, 3.63) is 146 Å². The molecule has 0 spiro atoms. The monoisotopic (exact) mass is 584 g/mol. The van der Waals surface area contributed by atoms with Gasteiger partial charge in [-0.15, -0.1) is 0 Å². The van der Waals surface area contributed by atoms with E-state index in [0.717, 1.165) is 33.3 Å². The van der Waals surface area contributed by atoms with Gasteiger partial charge in [0.25, 0.3) is 0 Å². The Morgan fingerprint density at radius 3 is 1.52 bits per heavy atom. The largest absolute Gasteiger partial charge is 0.456 e. The van der Waals surface area contributed by atoms with E-state index in [9.17, 15) is 0 Å². The summed E-state index contributed by atoms with van der Waals surface area (Å²) < 4.78 is 13.3. The lowest BCUT2D eigenvalue weighted by atomic mass is 9.90. The molecule has 2 aromatic heterocycles. The fourth-order valence-corrected chi connectivity index (χ4v) is 7.95. The van der Waals surface area contributed by atoms with E-state index in [1.165, 1.54) is 76.6 Å². The number of hydrogen-bond donors (Lipinski definition) is 0. The summed E-state index contributed by atoms with van der Waals surface area (Å²) in [5.41, 5.74) is 13.2. The Morgan fingerprint density at radius 2 is 0.848 bits per heavy atom. The highest BCUT2D eigenvalue weighted by atomic mass is 16.3. The minimum Gasteiger partial charge on any atom is -0.456 e. The Kier molecular flexibility index (Phi) is 4.61. The first-order valence-corrected chi connectivity index (χ1v) is 15.8. The summed E-state index contributed by atoms with van der Waals surface area (Å²) >= 11 is 0. The molecule has 0 bridgehead atoms. The highest BCUT2D eigenvalue weighted by Crippen LogP contribution is 2.52. The van der Waals surface area contributed by atoms with Gasteiger partial charge in [-0.3, -0.25) is 0 Å². The third-order valence-electron chi connectivity index (χ3n) is 9.95. The minimum absolute atomic E-state index is 0.917. The molecule has 1 aliphatic carbocycles. The molecule has 0 atom stereocenters. The van der Waals surface area contributed by atoms with Crippen LogP contribution in [0.25, 0.3) is 110 Å². The van der Waals surface area contributed by atoms with Gasteiger partial charge in [0.05, 0.1) is 0 Å². The second-order valence-electron chi connectivity index (χ2n) is 12.4. The molecule has 2 heterocycles. The van der Waals surface area contributed by atoms with Gasteiger partial charge in [0, 0.05) is 32.3 Å². The van der Waals surface area contributed by atoms with Crippen molar-refractivity contribution in [3.63, 3.8) is 0 Å². The number of furan rings is 2. The summed E-state index contributed by atoms with van der Waals surface area (Å²) in [7, 11) is 0. The molecule has 0 saturated heterocycles. The van der Waals surface area contributed by atoms with Crippen molar-refractivity contribution in [1.82, 2.24) is 0 Å². The zero-order valence-electron chi connectivity index (χ0n) is 24.7. The van der Waals surface area contributed by atoms with Crippen LogP contribution >= 0.6 is 0 Å². The molecular formula is C44H24O2. The summed E-state index contributed by atoms with van der Waals surface area (Å²) in [4.78, 5) is 0. The smallest absolute Gasteiger partial charge is 0.143 e. The Balaban J connectivity index is 1.26. The van der Waals surface area contributed by atoms with E-state index in [0.29, 0.717) is 0 Å². The van der Waals surface area contributed by atoms with Crippen LogP contribution in [-0.2, 0) is 0 Å². The SMILES string of the molecule is c1ccc(-c2cc(-c3ccccc3)cc(-c3ccc4c(c3)c3oc5cccc6c5c3c3c4ccc4oc5cccc-6c5c43)c2)cc1. The van der Waals surface area contributed by atoms with Crippen LogP contribution in [0.2, 0.25) is 0 Å². The average Bonchev–Trinajstić information content (AvgIpc) is 3.67. The fraction of sp³-hybridized carbons (Fsp3) is 0. The average molecular weight is 585 g/mol. The van der Waals surface area contributed by atoms with Gasteiger partial charge < -0.3 is 8.83 Å². The van der Waals surface area contributed by atoms with Crippen LogP contribution in [-0.4, -0.2) is 0 Å². The van der Waals surface area contributed by atoms with E-state index < -0.39 is 0 Å². The Hall–Kier alpha value is -6.12. The van der Waals surface area contributed by atoms with Crippen molar-refractivity contribution in [3.8, 4) is 44.5 Å². The van der Waals surface area contributed by atoms with Gasteiger partial charge in [-0.05, 0) is 104 Å². The second-order valence-corrected chi connectivity index (χ2v) is 12.4. The van der Waals surface area contributed by atoms with Crippen molar-refractivity contribution in [2.75, 3.05) is 0 Å². The Bertz CT molecular complexity index is 2830. The highest BCUT2D eigenvalue weighted by Gasteiger charge is 2.26. The first-order valence-electron chi connectivity index (χ1n) is 15.8. The van der Waals surface area contributed by atoms with Gasteiger partial charge in [-0.25, -0.2) is 0 Å². The van der Waals surface area contributed by atoms with Crippen molar-refractivity contribution in [2.24, 2.45) is 0 Å². The second kappa shape index (κ2) is 8.74. The van der Waals surface area contributed by atoms with Crippen molar-refractivity contribution in [1.29, 1.82) is 0 Å². The lowest BCUT2D eigenvalue weighted by Gasteiger charge is -2.13. The van der Waals surface area contributed by atoms with Gasteiger partial charge in [0.2, 0.25) is 0 Å². The third kappa shape index (κ3) is 3.15. The van der Waals surface area contributed by atoms with Gasteiger partial charge in [-0.2, -0.15) is 0 Å². The highest BCUT2D eigenvalue weighted by molar-refractivity contribution is 6.42. The normalized spacial score (nSPS) is 12.3. The molecule has 8 aromatic carbocycles. The van der Waals surface area contributed by atoms with E-state index in [2.05, 4.69) is 146 Å². The van der Waals surface area contributed by atoms with Gasteiger partial charge in [0.15, 0.2) is 0 Å². The quantitative estimate of drug-likeness (QED) is 0.193. The number of rotatable bonds is 3. The Morgan fingerprint density at radius 1 is 0.283 bits per heavy atom. The molecule has 11 rings (SSSR count). The van der Waals surface area contributed by atoms with E-state index in [4.69, 9.17) is 8.83 Å². The van der Waals surface area contributed by atoms with Crippen LogP contribution in [0.4, 0.5) is 0 Å². The summed E-state index contributed by atoms with van der Waals surface area (Å²) in [6.07, 6.45) is 0. The van der Waals surface area contributed by atoms with Crippen LogP contribution in [0.1, 0.15) is 0 Å². The van der Waals surface area contributed by atoms with Crippen LogP contribution in [0.5, 0.6) is 0 Å². The van der Waals surface area contributed by atoms with Crippen molar-refractivity contribution in [2.45, 2.75) is 0 Å². The zero-order chi connectivity index (χ0) is 29.9. The van der Waals surface area contributed by atoms with Gasteiger partial charge in [0.1, 0.15) is 22.3 Å². The maximum absolute atomic E-state index is 6.85. The molecule has 0 fully saturated rings. The molecule has 0 aliphatic heterocycles. The van der Waals surface area contributed by atoms with Crippen LogP contribution in [0, 0.1) is 0 Å². The fourth-order valence-electron chi connectivity index (χ4n) is 7.95. The summed E-state index contributed by atoms with van der Waals surface area (Å²) in [6, 6.07) is 52.3. The van der Waals surface area contributed by atoms with E-state index in [1.54, 1.807) is 0 Å². The number of fused-ring (bicyclic) bond motifs is 4. The summed E-state index contributed by atoms with van der Waals surface area (Å²) in [6.45, 7) is 0. The number of benzene rings is 8. The van der Waals surface area contributed by atoms with Crippen molar-refractivity contribution < 1.29 is 8.83 Å². The first-order chi connectivity index (χ1) is 22.8. The molecule has 2 heteroatoms. The molecule has 212 valence electrons. The first kappa shape index (κ1) is 24.2. The molecule has 2 nitrogen and oxygen atoms in total. The molecule has 46 heavy (non-hydrogen) atoms. The summed E-state index contributed by atoms with van der Waals surface area (Å²) in [5.74, 6) is 0. The third-order valence-corrected chi connectivity index (χ3v) is 9.95. The van der Waals surface area contributed by atoms with Gasteiger partial charge >= 0.3 is 0 Å². The standard InChI is InChI=1S/C44H24O2/c1-3-9-25(10-4-1)28-21-29(26-11-5-2-6-12-26)23-30(22-28)27-17-18-31-34-19-20-38-42-39-32(13-7-15-36(39)45-38)33-14-8-16-37-40(33)43(41(34)42)44(46-37)35(31)24-27/h1-24H. The Labute approximate surface area is 263 Å². The minimum atomic E-state index is 0.917. The molecule has 10 aromatic rings.